The lowest BCUT2D eigenvalue weighted by atomic mass is 9.94. The molecule has 1 unspecified atom stereocenters. The number of alkyl carbamates (subject to hydrolysis) is 1. The first kappa shape index (κ1) is 19.2. The van der Waals surface area contributed by atoms with Crippen molar-refractivity contribution in [2.75, 3.05) is 0 Å². The Morgan fingerprint density at radius 2 is 1.91 bits per heavy atom. The van der Waals surface area contributed by atoms with E-state index in [2.05, 4.69) is 10.1 Å². The highest BCUT2D eigenvalue weighted by Gasteiger charge is 2.31. The van der Waals surface area contributed by atoms with Gasteiger partial charge in [0, 0.05) is 0 Å². The topological polar surface area (TPSA) is 64.6 Å². The van der Waals surface area contributed by atoms with Crippen molar-refractivity contribution >= 4 is 24.0 Å². The first-order valence-electron chi connectivity index (χ1n) is 6.69. The van der Waals surface area contributed by atoms with Gasteiger partial charge in [-0.15, -0.1) is 0 Å². The number of amides is 1. The summed E-state index contributed by atoms with van der Waals surface area (Å²) in [4.78, 5) is 23.3. The number of carbonyl (C=O) groups excluding carboxylic acids is 2. The molecule has 0 radical (unpaired) electrons. The van der Waals surface area contributed by atoms with E-state index in [1.54, 1.807) is 20.8 Å². The molecule has 1 aromatic carbocycles. The number of ether oxygens (including phenoxy) is 2. The maximum atomic E-state index is 12.2. The van der Waals surface area contributed by atoms with Gasteiger partial charge in [-0.25, -0.2) is 4.79 Å². The van der Waals surface area contributed by atoms with E-state index in [1.807, 2.05) is 0 Å². The lowest BCUT2D eigenvalue weighted by molar-refractivity contribution is -0.113. The van der Waals surface area contributed by atoms with Gasteiger partial charge in [0.1, 0.15) is 23.2 Å². The molecular formula is C15H18ClF2NO4. The summed E-state index contributed by atoms with van der Waals surface area (Å²) in [5, 5.41) is 2.32. The van der Waals surface area contributed by atoms with Crippen molar-refractivity contribution in [1.29, 1.82) is 0 Å². The SMILES string of the molecule is CC(C)(C)OC(=O)NC(C)(C=O)c1ccc(OC(F)F)c(Cl)c1. The molecule has 128 valence electrons. The zero-order valence-corrected chi connectivity index (χ0v) is 13.9. The second-order valence-electron chi connectivity index (χ2n) is 5.97. The highest BCUT2D eigenvalue weighted by Crippen LogP contribution is 2.31. The molecule has 0 bridgehead atoms. The van der Waals surface area contributed by atoms with Gasteiger partial charge in [0.2, 0.25) is 0 Å². The van der Waals surface area contributed by atoms with Crippen LogP contribution in [0, 0.1) is 0 Å². The molecule has 0 fully saturated rings. The molecule has 0 spiro atoms. The Hall–Kier alpha value is -1.89. The number of halogens is 3. The number of carbonyl (C=O) groups is 2. The Kier molecular flexibility index (Phi) is 5.93. The van der Waals surface area contributed by atoms with Crippen LogP contribution in [0.1, 0.15) is 33.3 Å². The van der Waals surface area contributed by atoms with E-state index >= 15 is 0 Å². The zero-order valence-electron chi connectivity index (χ0n) is 13.2. The van der Waals surface area contributed by atoms with Crippen molar-refractivity contribution in [3.63, 3.8) is 0 Å². The molecule has 1 aromatic rings. The normalized spacial score (nSPS) is 14.1. The largest absolute Gasteiger partial charge is 0.444 e. The maximum Gasteiger partial charge on any atom is 0.408 e. The first-order valence-corrected chi connectivity index (χ1v) is 7.07. The Morgan fingerprint density at radius 3 is 2.35 bits per heavy atom. The minimum Gasteiger partial charge on any atom is -0.444 e. The summed E-state index contributed by atoms with van der Waals surface area (Å²) >= 11 is 5.86. The van der Waals surface area contributed by atoms with E-state index in [9.17, 15) is 18.4 Å². The van der Waals surface area contributed by atoms with Crippen molar-refractivity contribution in [1.82, 2.24) is 5.32 Å². The summed E-state index contributed by atoms with van der Waals surface area (Å²) in [6, 6.07) is 3.82. The fourth-order valence-electron chi connectivity index (χ4n) is 1.70. The highest BCUT2D eigenvalue weighted by atomic mass is 35.5. The predicted molar refractivity (Wildman–Crippen MR) is 80.9 cm³/mol. The fourth-order valence-corrected chi connectivity index (χ4v) is 1.93. The molecule has 0 aromatic heterocycles. The molecule has 0 aliphatic rings. The quantitative estimate of drug-likeness (QED) is 0.819. The first-order chi connectivity index (χ1) is 10.5. The van der Waals surface area contributed by atoms with Gasteiger partial charge in [0.05, 0.1) is 5.02 Å². The molecule has 1 rings (SSSR count). The second kappa shape index (κ2) is 7.12. The number of hydrogen-bond donors (Lipinski definition) is 1. The summed E-state index contributed by atoms with van der Waals surface area (Å²) in [6.07, 6.45) is -0.299. The molecular weight excluding hydrogens is 332 g/mol. The third kappa shape index (κ3) is 5.67. The van der Waals surface area contributed by atoms with Gasteiger partial charge in [-0.3, -0.25) is 0 Å². The van der Waals surface area contributed by atoms with Crippen molar-refractivity contribution in [2.45, 2.75) is 45.4 Å². The molecule has 0 aliphatic heterocycles. The van der Waals surface area contributed by atoms with Gasteiger partial charge in [0.25, 0.3) is 0 Å². The number of hydrogen-bond acceptors (Lipinski definition) is 4. The predicted octanol–water partition coefficient (Wildman–Crippen LogP) is 3.88. The van der Waals surface area contributed by atoms with Gasteiger partial charge in [-0.05, 0) is 45.4 Å². The van der Waals surface area contributed by atoms with Gasteiger partial charge in [-0.2, -0.15) is 8.78 Å². The van der Waals surface area contributed by atoms with Crippen molar-refractivity contribution in [2.24, 2.45) is 0 Å². The molecule has 5 nitrogen and oxygen atoms in total. The highest BCUT2D eigenvalue weighted by molar-refractivity contribution is 6.32. The van der Waals surface area contributed by atoms with E-state index in [0.29, 0.717) is 11.8 Å². The smallest absolute Gasteiger partial charge is 0.408 e. The number of benzene rings is 1. The monoisotopic (exact) mass is 349 g/mol. The molecule has 1 amide bonds. The second-order valence-corrected chi connectivity index (χ2v) is 6.38. The van der Waals surface area contributed by atoms with Crippen LogP contribution in [0.25, 0.3) is 0 Å². The minimum absolute atomic E-state index is 0.109. The number of nitrogens with one attached hydrogen (secondary N) is 1. The molecule has 23 heavy (non-hydrogen) atoms. The number of rotatable bonds is 5. The summed E-state index contributed by atoms with van der Waals surface area (Å²) < 4.78 is 33.8. The molecule has 0 saturated heterocycles. The average molecular weight is 350 g/mol. The van der Waals surface area contributed by atoms with Crippen LogP contribution in [-0.2, 0) is 15.1 Å². The molecule has 0 heterocycles. The Labute approximate surface area is 137 Å². The van der Waals surface area contributed by atoms with Crippen LogP contribution in [0.3, 0.4) is 0 Å². The van der Waals surface area contributed by atoms with Crippen LogP contribution in [0.5, 0.6) is 5.75 Å². The zero-order chi connectivity index (χ0) is 17.8. The molecule has 0 aliphatic carbocycles. The van der Waals surface area contributed by atoms with Crippen LogP contribution in [0.2, 0.25) is 5.02 Å². The number of alkyl halides is 2. The third-order valence-corrected chi connectivity index (χ3v) is 3.04. The van der Waals surface area contributed by atoms with Crippen LogP contribution in [0.15, 0.2) is 18.2 Å². The summed E-state index contributed by atoms with van der Waals surface area (Å²) in [7, 11) is 0. The fraction of sp³-hybridized carbons (Fsp3) is 0.467. The summed E-state index contributed by atoms with van der Waals surface area (Å²) in [6.45, 7) is 3.45. The maximum absolute atomic E-state index is 12.2. The standard InChI is InChI=1S/C15H18ClF2NO4/c1-14(2,3)23-13(21)19-15(4,8-20)9-5-6-11(10(16)7-9)22-12(17)18/h5-8,12H,1-4H3,(H,19,21). The third-order valence-electron chi connectivity index (χ3n) is 2.74. The lowest BCUT2D eigenvalue weighted by Gasteiger charge is -2.28. The van der Waals surface area contributed by atoms with Gasteiger partial charge in [-0.1, -0.05) is 17.7 Å². The van der Waals surface area contributed by atoms with Crippen molar-refractivity contribution in [3.8, 4) is 5.75 Å². The van der Waals surface area contributed by atoms with Crippen molar-refractivity contribution in [3.05, 3.63) is 28.8 Å². The van der Waals surface area contributed by atoms with Gasteiger partial charge in [0.15, 0.2) is 0 Å². The average Bonchev–Trinajstić information content (AvgIpc) is 2.38. The van der Waals surface area contributed by atoms with E-state index in [-0.39, 0.29) is 10.8 Å². The van der Waals surface area contributed by atoms with Crippen LogP contribution in [0.4, 0.5) is 13.6 Å². The summed E-state index contributed by atoms with van der Waals surface area (Å²) in [5.41, 5.74) is -1.87. The number of aldehydes is 1. The lowest BCUT2D eigenvalue weighted by Crippen LogP contribution is -2.46. The molecule has 1 atom stereocenters. The summed E-state index contributed by atoms with van der Waals surface area (Å²) in [5.74, 6) is -0.226. The van der Waals surface area contributed by atoms with Crippen molar-refractivity contribution < 1.29 is 27.8 Å². The minimum atomic E-state index is -3.02. The van der Waals surface area contributed by atoms with E-state index in [0.717, 1.165) is 0 Å². The molecule has 8 heteroatoms. The van der Waals surface area contributed by atoms with Crippen LogP contribution >= 0.6 is 11.6 Å². The molecule has 0 saturated carbocycles. The molecule has 1 N–H and O–H groups in total. The van der Waals surface area contributed by atoms with E-state index < -0.39 is 23.8 Å². The van der Waals surface area contributed by atoms with Crippen LogP contribution < -0.4 is 10.1 Å². The Morgan fingerprint density at radius 1 is 1.30 bits per heavy atom. The van der Waals surface area contributed by atoms with Gasteiger partial charge < -0.3 is 19.6 Å². The van der Waals surface area contributed by atoms with Crippen LogP contribution in [-0.4, -0.2) is 24.6 Å². The van der Waals surface area contributed by atoms with E-state index in [1.165, 1.54) is 25.1 Å². The van der Waals surface area contributed by atoms with Gasteiger partial charge >= 0.3 is 12.7 Å². The van der Waals surface area contributed by atoms with E-state index in [4.69, 9.17) is 16.3 Å². The Balaban J connectivity index is 3.02. The Bertz CT molecular complexity index is 589.